The lowest BCUT2D eigenvalue weighted by atomic mass is 9.97. The second-order valence-corrected chi connectivity index (χ2v) is 5.08. The molecule has 1 unspecified atom stereocenters. The molecule has 0 amide bonds. The Morgan fingerprint density at radius 3 is 2.95 bits per heavy atom. The van der Waals surface area contributed by atoms with E-state index in [0.29, 0.717) is 5.92 Å². The number of hydrogen-bond acceptors (Lipinski definition) is 4. The zero-order valence-corrected chi connectivity index (χ0v) is 12.1. The van der Waals surface area contributed by atoms with E-state index >= 15 is 0 Å². The van der Waals surface area contributed by atoms with Gasteiger partial charge in [0.05, 0.1) is 0 Å². The van der Waals surface area contributed by atoms with Crippen molar-refractivity contribution in [2.75, 3.05) is 23.7 Å². The largest absolute Gasteiger partial charge is 0.384 e. The number of fused-ring (bicyclic) bond motifs is 1. The molecule has 5 nitrogen and oxygen atoms in total. The number of rotatable bonds is 5. The first-order valence-electron chi connectivity index (χ1n) is 7.32. The predicted molar refractivity (Wildman–Crippen MR) is 81.2 cm³/mol. The summed E-state index contributed by atoms with van der Waals surface area (Å²) in [4.78, 5) is 0. The maximum Gasteiger partial charge on any atom is 0.224 e. The first-order valence-corrected chi connectivity index (χ1v) is 7.32. The molecule has 0 fully saturated rings. The van der Waals surface area contributed by atoms with Gasteiger partial charge in [-0.05, 0) is 25.5 Å². The van der Waals surface area contributed by atoms with Crippen molar-refractivity contribution in [3.63, 3.8) is 0 Å². The molecule has 1 atom stereocenters. The van der Waals surface area contributed by atoms with Gasteiger partial charge in [0.25, 0.3) is 0 Å². The van der Waals surface area contributed by atoms with Crippen molar-refractivity contribution in [1.29, 1.82) is 0 Å². The molecule has 2 N–H and O–H groups in total. The molecule has 5 heteroatoms. The third-order valence-corrected chi connectivity index (χ3v) is 3.85. The van der Waals surface area contributed by atoms with E-state index in [1.165, 1.54) is 11.3 Å². The quantitative estimate of drug-likeness (QED) is 0.877. The molecule has 0 saturated carbocycles. The number of nitrogens with zero attached hydrogens (tertiary/aromatic N) is 3. The van der Waals surface area contributed by atoms with Gasteiger partial charge >= 0.3 is 0 Å². The van der Waals surface area contributed by atoms with E-state index in [9.17, 15) is 0 Å². The zero-order valence-electron chi connectivity index (χ0n) is 12.1. The number of anilines is 2. The summed E-state index contributed by atoms with van der Waals surface area (Å²) >= 11 is 0. The Kier molecular flexibility index (Phi) is 3.58. The average molecular weight is 271 g/mol. The normalized spacial score (nSPS) is 16.8. The van der Waals surface area contributed by atoms with Gasteiger partial charge in [-0.1, -0.05) is 18.2 Å². The lowest BCUT2D eigenvalue weighted by Gasteiger charge is -2.12. The highest BCUT2D eigenvalue weighted by molar-refractivity contribution is 5.57. The van der Waals surface area contributed by atoms with Gasteiger partial charge in [0.15, 0.2) is 0 Å². The van der Waals surface area contributed by atoms with Crippen molar-refractivity contribution in [1.82, 2.24) is 14.8 Å². The molecule has 0 radical (unpaired) electrons. The Labute approximate surface area is 119 Å². The zero-order chi connectivity index (χ0) is 13.9. The summed E-state index contributed by atoms with van der Waals surface area (Å²) in [5.41, 5.74) is 2.65. The van der Waals surface area contributed by atoms with E-state index < -0.39 is 0 Å². The molecule has 2 aromatic rings. The Balaban J connectivity index is 1.82. The summed E-state index contributed by atoms with van der Waals surface area (Å²) < 4.78 is 2.17. The molecule has 1 aliphatic heterocycles. The van der Waals surface area contributed by atoms with Gasteiger partial charge < -0.3 is 10.6 Å². The fourth-order valence-electron chi connectivity index (χ4n) is 2.87. The molecule has 2 heterocycles. The molecule has 106 valence electrons. The minimum atomic E-state index is 0.482. The van der Waals surface area contributed by atoms with E-state index in [1.54, 1.807) is 0 Å². The minimum Gasteiger partial charge on any atom is -0.384 e. The number of para-hydroxylation sites is 1. The Hall–Kier alpha value is -2.04. The van der Waals surface area contributed by atoms with E-state index in [4.69, 9.17) is 0 Å². The highest BCUT2D eigenvalue weighted by Crippen LogP contribution is 2.33. The van der Waals surface area contributed by atoms with Crippen molar-refractivity contribution in [2.24, 2.45) is 0 Å². The van der Waals surface area contributed by atoms with Crippen molar-refractivity contribution in [2.45, 2.75) is 32.7 Å². The fourth-order valence-corrected chi connectivity index (χ4v) is 2.87. The number of nitrogens with one attached hydrogen (secondary N) is 2. The van der Waals surface area contributed by atoms with Crippen LogP contribution in [0.25, 0.3) is 0 Å². The monoisotopic (exact) mass is 271 g/mol. The number of aromatic nitrogens is 3. The lowest BCUT2D eigenvalue weighted by Crippen LogP contribution is -2.12. The third-order valence-electron chi connectivity index (χ3n) is 3.85. The maximum absolute atomic E-state index is 4.36. The van der Waals surface area contributed by atoms with E-state index in [1.807, 2.05) is 0 Å². The van der Waals surface area contributed by atoms with Crippen molar-refractivity contribution >= 4 is 11.6 Å². The molecule has 1 aromatic heterocycles. The number of benzene rings is 1. The topological polar surface area (TPSA) is 54.8 Å². The summed E-state index contributed by atoms with van der Waals surface area (Å²) in [6.07, 6.45) is 0.927. The standard InChI is InChI=1S/C15H21N5/c1-3-16-15-19-18-14(20(15)4-2)9-11-10-17-13-8-6-5-7-12(11)13/h5-8,11,17H,3-4,9-10H2,1-2H3,(H,16,19). The van der Waals surface area contributed by atoms with Crippen molar-refractivity contribution in [3.8, 4) is 0 Å². The minimum absolute atomic E-state index is 0.482. The molecule has 1 aliphatic rings. The first-order chi connectivity index (χ1) is 9.83. The van der Waals surface area contributed by atoms with Crippen LogP contribution in [-0.2, 0) is 13.0 Å². The first kappa shape index (κ1) is 13.0. The van der Waals surface area contributed by atoms with Gasteiger partial charge in [0, 0.05) is 37.7 Å². The predicted octanol–water partition coefficient (Wildman–Crippen LogP) is 2.48. The second kappa shape index (κ2) is 5.53. The SMILES string of the molecule is CCNc1nnc(CC2CNc3ccccc32)n1CC. The van der Waals surface area contributed by atoms with Crippen LogP contribution in [0.5, 0.6) is 0 Å². The van der Waals surface area contributed by atoms with Crippen molar-refractivity contribution < 1.29 is 0 Å². The smallest absolute Gasteiger partial charge is 0.224 e. The molecule has 0 bridgehead atoms. The number of hydrogen-bond donors (Lipinski definition) is 2. The molecule has 0 spiro atoms. The van der Waals surface area contributed by atoms with Crippen LogP contribution in [0.1, 0.15) is 31.2 Å². The van der Waals surface area contributed by atoms with Crippen LogP contribution in [0.15, 0.2) is 24.3 Å². The Morgan fingerprint density at radius 1 is 1.30 bits per heavy atom. The highest BCUT2D eigenvalue weighted by Gasteiger charge is 2.24. The summed E-state index contributed by atoms with van der Waals surface area (Å²) in [6.45, 7) is 6.95. The lowest BCUT2D eigenvalue weighted by molar-refractivity contribution is 0.643. The van der Waals surface area contributed by atoms with Crippen LogP contribution in [0.4, 0.5) is 11.6 Å². The summed E-state index contributed by atoms with van der Waals surface area (Å²) in [5, 5.41) is 15.4. The highest BCUT2D eigenvalue weighted by atomic mass is 15.3. The van der Waals surface area contributed by atoms with Crippen LogP contribution in [0.3, 0.4) is 0 Å². The summed E-state index contributed by atoms with van der Waals surface area (Å²) in [6, 6.07) is 8.53. The van der Waals surface area contributed by atoms with Crippen LogP contribution < -0.4 is 10.6 Å². The van der Waals surface area contributed by atoms with Crippen molar-refractivity contribution in [3.05, 3.63) is 35.7 Å². The molecular weight excluding hydrogens is 250 g/mol. The molecular formula is C15H21N5. The summed E-state index contributed by atoms with van der Waals surface area (Å²) in [5.74, 6) is 2.42. The third kappa shape index (κ3) is 2.24. The van der Waals surface area contributed by atoms with E-state index in [0.717, 1.165) is 37.8 Å². The van der Waals surface area contributed by atoms with Gasteiger partial charge in [-0.15, -0.1) is 10.2 Å². The van der Waals surface area contributed by atoms with Crippen LogP contribution >= 0.6 is 0 Å². The molecule has 1 aromatic carbocycles. The van der Waals surface area contributed by atoms with Gasteiger partial charge in [-0.3, -0.25) is 4.57 Å². The Bertz CT molecular complexity index is 590. The van der Waals surface area contributed by atoms with Gasteiger partial charge in [0.2, 0.25) is 5.95 Å². The van der Waals surface area contributed by atoms with Crippen LogP contribution in [0.2, 0.25) is 0 Å². The van der Waals surface area contributed by atoms with Gasteiger partial charge in [-0.25, -0.2) is 0 Å². The van der Waals surface area contributed by atoms with Crippen LogP contribution in [-0.4, -0.2) is 27.9 Å². The summed E-state index contributed by atoms with van der Waals surface area (Å²) in [7, 11) is 0. The van der Waals surface area contributed by atoms with Crippen LogP contribution in [0, 0.1) is 0 Å². The fraction of sp³-hybridized carbons (Fsp3) is 0.467. The average Bonchev–Trinajstić information content (AvgIpc) is 3.05. The van der Waals surface area contributed by atoms with Gasteiger partial charge in [-0.2, -0.15) is 0 Å². The molecule has 0 aliphatic carbocycles. The van der Waals surface area contributed by atoms with E-state index in [2.05, 4.69) is 63.5 Å². The molecule has 0 saturated heterocycles. The Morgan fingerprint density at radius 2 is 2.15 bits per heavy atom. The molecule has 3 rings (SSSR count). The van der Waals surface area contributed by atoms with E-state index in [-0.39, 0.29) is 0 Å². The van der Waals surface area contributed by atoms with Gasteiger partial charge in [0.1, 0.15) is 5.82 Å². The maximum atomic E-state index is 4.36. The molecule has 20 heavy (non-hydrogen) atoms. The second-order valence-electron chi connectivity index (χ2n) is 5.08.